The quantitative estimate of drug-likeness (QED) is 0.821. The summed E-state index contributed by atoms with van der Waals surface area (Å²) < 4.78 is 28.2. The molecule has 0 unspecified atom stereocenters. The Labute approximate surface area is 122 Å². The highest BCUT2D eigenvalue weighted by Gasteiger charge is 2.28. The Hall–Kier alpha value is -1.07. The van der Waals surface area contributed by atoms with Crippen molar-refractivity contribution in [2.24, 2.45) is 0 Å². The summed E-state index contributed by atoms with van der Waals surface area (Å²) in [5.74, 6) is 0. The summed E-state index contributed by atoms with van der Waals surface area (Å²) in [6.45, 7) is 11.3. The van der Waals surface area contributed by atoms with E-state index in [0.717, 1.165) is 24.0 Å². The summed E-state index contributed by atoms with van der Waals surface area (Å²) in [5, 5.41) is 0. The van der Waals surface area contributed by atoms with E-state index in [1.165, 1.54) is 0 Å². The Morgan fingerprint density at radius 2 is 1.75 bits per heavy atom. The third-order valence-corrected chi connectivity index (χ3v) is 5.60. The number of anilines is 1. The minimum absolute atomic E-state index is 0.319. The molecule has 0 saturated heterocycles. The zero-order chi connectivity index (χ0) is 15.7. The molecule has 0 heterocycles. The molecule has 0 aliphatic heterocycles. The van der Waals surface area contributed by atoms with Crippen LogP contribution in [-0.2, 0) is 10.0 Å². The van der Waals surface area contributed by atoms with Crippen LogP contribution >= 0.6 is 0 Å². The Kier molecular flexibility index (Phi) is 4.87. The van der Waals surface area contributed by atoms with E-state index in [0.29, 0.717) is 16.1 Å². The van der Waals surface area contributed by atoms with Gasteiger partial charge in [-0.05, 0) is 63.8 Å². The first-order chi connectivity index (χ1) is 9.02. The van der Waals surface area contributed by atoms with Crippen LogP contribution in [0.3, 0.4) is 0 Å². The highest BCUT2D eigenvalue weighted by Crippen LogP contribution is 2.29. The summed E-state index contributed by atoms with van der Waals surface area (Å²) >= 11 is 0. The summed E-state index contributed by atoms with van der Waals surface area (Å²) in [6.07, 6.45) is 1.70. The smallest absolute Gasteiger partial charge is 0.241 e. The fraction of sp³-hybridized carbons (Fsp3) is 0.600. The number of aryl methyl sites for hydroxylation is 1. The highest BCUT2D eigenvalue weighted by molar-refractivity contribution is 7.89. The van der Waals surface area contributed by atoms with Gasteiger partial charge < -0.3 is 5.73 Å². The van der Waals surface area contributed by atoms with Crippen molar-refractivity contribution in [2.45, 2.75) is 64.8 Å². The van der Waals surface area contributed by atoms with Crippen LogP contribution in [0.1, 0.15) is 50.3 Å². The van der Waals surface area contributed by atoms with Gasteiger partial charge in [-0.2, -0.15) is 0 Å². The number of rotatable bonds is 5. The zero-order valence-electron chi connectivity index (χ0n) is 13.3. The van der Waals surface area contributed by atoms with Crippen molar-refractivity contribution in [3.05, 3.63) is 22.8 Å². The van der Waals surface area contributed by atoms with Gasteiger partial charge in [0.25, 0.3) is 0 Å². The largest absolute Gasteiger partial charge is 0.398 e. The van der Waals surface area contributed by atoms with Crippen molar-refractivity contribution in [1.82, 2.24) is 4.72 Å². The predicted molar refractivity (Wildman–Crippen MR) is 84.4 cm³/mol. The summed E-state index contributed by atoms with van der Waals surface area (Å²) in [4.78, 5) is 0.319. The molecule has 0 fully saturated rings. The number of nitrogens with one attached hydrogen (secondary N) is 1. The number of sulfonamides is 1. The summed E-state index contributed by atoms with van der Waals surface area (Å²) in [5.41, 5.74) is 8.24. The van der Waals surface area contributed by atoms with Crippen LogP contribution in [0, 0.1) is 20.8 Å². The van der Waals surface area contributed by atoms with Gasteiger partial charge in [0, 0.05) is 11.2 Å². The third kappa shape index (κ3) is 3.52. The number of hydrogen-bond donors (Lipinski definition) is 2. The van der Waals surface area contributed by atoms with E-state index >= 15 is 0 Å². The molecular formula is C15H26N2O2S. The number of nitrogen functional groups attached to an aromatic ring is 1. The minimum atomic E-state index is -3.58. The van der Waals surface area contributed by atoms with Crippen molar-refractivity contribution < 1.29 is 8.42 Å². The topological polar surface area (TPSA) is 72.2 Å². The maximum Gasteiger partial charge on any atom is 0.241 e. The molecule has 0 amide bonds. The first kappa shape index (κ1) is 17.0. The number of benzene rings is 1. The Morgan fingerprint density at radius 3 is 2.25 bits per heavy atom. The molecule has 1 aromatic rings. The van der Waals surface area contributed by atoms with Gasteiger partial charge in [0.05, 0.1) is 4.90 Å². The fourth-order valence-electron chi connectivity index (χ4n) is 2.54. The Balaban J connectivity index is 3.37. The van der Waals surface area contributed by atoms with E-state index < -0.39 is 15.6 Å². The lowest BCUT2D eigenvalue weighted by atomic mass is 10.0. The van der Waals surface area contributed by atoms with Crippen molar-refractivity contribution >= 4 is 15.7 Å². The summed E-state index contributed by atoms with van der Waals surface area (Å²) in [7, 11) is -3.58. The highest BCUT2D eigenvalue weighted by atomic mass is 32.2. The maximum absolute atomic E-state index is 12.7. The van der Waals surface area contributed by atoms with Crippen LogP contribution in [-0.4, -0.2) is 14.0 Å². The van der Waals surface area contributed by atoms with Crippen LogP contribution < -0.4 is 10.5 Å². The fourth-order valence-corrected chi connectivity index (χ4v) is 4.55. The molecular weight excluding hydrogens is 272 g/mol. The van der Waals surface area contributed by atoms with Gasteiger partial charge in [-0.1, -0.05) is 13.3 Å². The second-order valence-corrected chi connectivity index (χ2v) is 7.72. The SMILES string of the molecule is CCCC(C)(C)NS(=O)(=O)c1c(C)c(C)cc(N)c1C. The van der Waals surface area contributed by atoms with E-state index in [9.17, 15) is 8.42 Å². The van der Waals surface area contributed by atoms with E-state index in [1.54, 1.807) is 6.92 Å². The molecule has 0 spiro atoms. The Bertz CT molecular complexity index is 579. The molecule has 114 valence electrons. The average Bonchev–Trinajstić information content (AvgIpc) is 2.24. The molecule has 0 radical (unpaired) electrons. The molecule has 20 heavy (non-hydrogen) atoms. The van der Waals surface area contributed by atoms with Crippen LogP contribution in [0.4, 0.5) is 5.69 Å². The van der Waals surface area contributed by atoms with E-state index in [4.69, 9.17) is 5.73 Å². The third-order valence-electron chi connectivity index (χ3n) is 3.63. The van der Waals surface area contributed by atoms with E-state index in [1.807, 2.05) is 40.7 Å². The minimum Gasteiger partial charge on any atom is -0.398 e. The molecule has 4 nitrogen and oxygen atoms in total. The molecule has 1 aromatic carbocycles. The lowest BCUT2D eigenvalue weighted by Gasteiger charge is -2.27. The molecule has 0 aliphatic carbocycles. The predicted octanol–water partition coefficient (Wildman–Crippen LogP) is 3.05. The molecule has 0 aliphatic rings. The lowest BCUT2D eigenvalue weighted by molar-refractivity contribution is 0.417. The first-order valence-electron chi connectivity index (χ1n) is 6.92. The molecule has 3 N–H and O–H groups in total. The maximum atomic E-state index is 12.7. The molecule has 1 rings (SSSR count). The van der Waals surface area contributed by atoms with Crippen molar-refractivity contribution in [3.63, 3.8) is 0 Å². The van der Waals surface area contributed by atoms with Gasteiger partial charge in [0.2, 0.25) is 10.0 Å². The standard InChI is InChI=1S/C15H26N2O2S/c1-7-8-15(5,6)17-20(18,19)14-11(3)10(2)9-13(16)12(14)4/h9,17H,7-8,16H2,1-6H3. The second-order valence-electron chi connectivity index (χ2n) is 6.10. The lowest BCUT2D eigenvalue weighted by Crippen LogP contribution is -2.43. The molecule has 0 bridgehead atoms. The van der Waals surface area contributed by atoms with Crippen molar-refractivity contribution in [2.75, 3.05) is 5.73 Å². The molecule has 0 aromatic heterocycles. The van der Waals surface area contributed by atoms with Crippen molar-refractivity contribution in [1.29, 1.82) is 0 Å². The van der Waals surface area contributed by atoms with Gasteiger partial charge in [0.1, 0.15) is 0 Å². The normalized spacial score (nSPS) is 12.7. The molecule has 0 atom stereocenters. The zero-order valence-corrected chi connectivity index (χ0v) is 14.1. The summed E-state index contributed by atoms with van der Waals surface area (Å²) in [6, 6.07) is 1.82. The number of hydrogen-bond acceptors (Lipinski definition) is 3. The van der Waals surface area contributed by atoms with Gasteiger partial charge in [-0.25, -0.2) is 13.1 Å². The van der Waals surface area contributed by atoms with E-state index in [-0.39, 0.29) is 0 Å². The van der Waals surface area contributed by atoms with Gasteiger partial charge in [-0.3, -0.25) is 0 Å². The molecule has 5 heteroatoms. The number of nitrogens with two attached hydrogens (primary N) is 1. The van der Waals surface area contributed by atoms with Gasteiger partial charge in [-0.15, -0.1) is 0 Å². The van der Waals surface area contributed by atoms with E-state index in [2.05, 4.69) is 4.72 Å². The van der Waals surface area contributed by atoms with Crippen LogP contribution in [0.15, 0.2) is 11.0 Å². The monoisotopic (exact) mass is 298 g/mol. The van der Waals surface area contributed by atoms with Crippen LogP contribution in [0.25, 0.3) is 0 Å². The van der Waals surface area contributed by atoms with Crippen molar-refractivity contribution in [3.8, 4) is 0 Å². The van der Waals surface area contributed by atoms with Crippen LogP contribution in [0.5, 0.6) is 0 Å². The van der Waals surface area contributed by atoms with Gasteiger partial charge >= 0.3 is 0 Å². The first-order valence-corrected chi connectivity index (χ1v) is 8.40. The van der Waals surface area contributed by atoms with Crippen LogP contribution in [0.2, 0.25) is 0 Å². The Morgan fingerprint density at radius 1 is 1.20 bits per heavy atom. The molecule has 0 saturated carbocycles. The average molecular weight is 298 g/mol. The second kappa shape index (κ2) is 5.74. The van der Waals surface area contributed by atoms with Gasteiger partial charge in [0.15, 0.2) is 0 Å².